The second-order valence-electron chi connectivity index (χ2n) is 11.8. The molecule has 0 amide bonds. The van der Waals surface area contributed by atoms with Crippen molar-refractivity contribution in [2.75, 3.05) is 39.9 Å². The minimum atomic E-state index is -4.01. The molecule has 0 aliphatic carbocycles. The molecular formula is C33H28BF12NO. The molecule has 1 saturated heterocycles. The van der Waals surface area contributed by atoms with Crippen LogP contribution in [0.25, 0.3) is 0 Å². The first kappa shape index (κ1) is 36.9. The number of hydrogen-bond donors (Lipinski definition) is 0. The van der Waals surface area contributed by atoms with Gasteiger partial charge < -0.3 is 9.22 Å². The molecule has 5 rings (SSSR count). The standard InChI is InChI=1S/C24H8BF12.C9H20NO/c26-13-1-9(2-14(27)21(13)34)25(10-3-15(28)22(35)16(29)4-10,11-5-17(30)23(36)18(31)6-11)12-7-19(32)24(37)20(33)8-12;1-3-4-5-10(2)6-8-11-9-7-10/h1-8H;3-9H2,1-2H3/q-1;+1. The predicted molar refractivity (Wildman–Crippen MR) is 156 cm³/mol. The number of morpholine rings is 1. The average Bonchev–Trinajstić information content (AvgIpc) is 3.03. The molecule has 4 aromatic rings. The predicted octanol–water partition coefficient (Wildman–Crippen LogP) is 6.00. The van der Waals surface area contributed by atoms with E-state index in [-0.39, 0.29) is 48.5 Å². The number of unbranched alkanes of at least 4 members (excludes halogenated alkanes) is 1. The van der Waals surface area contributed by atoms with Gasteiger partial charge >= 0.3 is 0 Å². The first-order chi connectivity index (χ1) is 22.5. The monoisotopic (exact) mass is 693 g/mol. The summed E-state index contributed by atoms with van der Waals surface area (Å²) in [4.78, 5) is 0. The van der Waals surface area contributed by atoms with Crippen molar-refractivity contribution in [1.29, 1.82) is 0 Å². The highest BCUT2D eigenvalue weighted by molar-refractivity contribution is 7.19. The summed E-state index contributed by atoms with van der Waals surface area (Å²) in [6.07, 6.45) is -1.34. The Hall–Kier alpha value is -3.98. The van der Waals surface area contributed by atoms with E-state index in [9.17, 15) is 52.7 Å². The van der Waals surface area contributed by atoms with Crippen molar-refractivity contribution in [1.82, 2.24) is 0 Å². The Morgan fingerprint density at radius 1 is 0.500 bits per heavy atom. The number of rotatable bonds is 7. The molecule has 0 atom stereocenters. The molecule has 1 aliphatic heterocycles. The molecule has 15 heteroatoms. The van der Waals surface area contributed by atoms with Crippen LogP contribution in [0.15, 0.2) is 48.5 Å². The fourth-order valence-corrected chi connectivity index (χ4v) is 6.00. The van der Waals surface area contributed by atoms with E-state index in [1.54, 1.807) is 0 Å². The first-order valence-electron chi connectivity index (χ1n) is 14.7. The molecule has 1 fully saturated rings. The third kappa shape index (κ3) is 7.21. The van der Waals surface area contributed by atoms with E-state index in [1.807, 2.05) is 0 Å². The molecule has 0 radical (unpaired) electrons. The van der Waals surface area contributed by atoms with E-state index in [4.69, 9.17) is 4.74 Å². The van der Waals surface area contributed by atoms with Gasteiger partial charge in [-0.3, -0.25) is 0 Å². The maximum absolute atomic E-state index is 14.4. The summed E-state index contributed by atoms with van der Waals surface area (Å²) in [7, 11) is 2.35. The summed E-state index contributed by atoms with van der Waals surface area (Å²) in [5.41, 5.74) is -3.79. The summed E-state index contributed by atoms with van der Waals surface area (Å²) >= 11 is 0. The van der Waals surface area contributed by atoms with Crippen molar-refractivity contribution in [2.45, 2.75) is 19.8 Å². The molecule has 258 valence electrons. The summed E-state index contributed by atoms with van der Waals surface area (Å²) < 4.78 is 177. The molecule has 1 aliphatic rings. The highest BCUT2D eigenvalue weighted by Crippen LogP contribution is 2.21. The van der Waals surface area contributed by atoms with Gasteiger partial charge in [0.05, 0.1) is 26.8 Å². The SMILES string of the molecule is CCCC[N+]1(C)CCOCC1.Fc1cc([B-](c2cc(F)c(F)c(F)c2)(c2cc(F)c(F)c(F)c2)c2cc(F)c(F)c(F)c2)cc(F)c1F. The van der Waals surface area contributed by atoms with Crippen LogP contribution in [-0.2, 0) is 4.74 Å². The van der Waals surface area contributed by atoms with Gasteiger partial charge in [-0.25, -0.2) is 52.7 Å². The van der Waals surface area contributed by atoms with Crippen LogP contribution >= 0.6 is 0 Å². The minimum Gasteiger partial charge on any atom is -0.370 e. The van der Waals surface area contributed by atoms with Crippen LogP contribution in [0.2, 0.25) is 0 Å². The number of halogens is 12. The third-order valence-corrected chi connectivity index (χ3v) is 8.63. The van der Waals surface area contributed by atoms with Gasteiger partial charge in [0.2, 0.25) is 0 Å². The summed E-state index contributed by atoms with van der Waals surface area (Å²) in [5.74, 6) is -24.0. The lowest BCUT2D eigenvalue weighted by molar-refractivity contribution is -0.917. The molecule has 0 bridgehead atoms. The lowest BCUT2D eigenvalue weighted by Crippen LogP contribution is -2.75. The molecule has 0 saturated carbocycles. The second kappa shape index (κ2) is 14.6. The Bertz CT molecular complexity index is 1480. The van der Waals surface area contributed by atoms with Crippen LogP contribution in [0.4, 0.5) is 52.7 Å². The maximum atomic E-state index is 14.4. The fourth-order valence-electron chi connectivity index (χ4n) is 6.00. The summed E-state index contributed by atoms with van der Waals surface area (Å²) in [6, 6.07) is 1.41. The zero-order chi connectivity index (χ0) is 35.6. The van der Waals surface area contributed by atoms with Gasteiger partial charge in [-0.2, -0.15) is 21.9 Å². The molecule has 0 N–H and O–H groups in total. The normalized spacial score (nSPS) is 14.5. The Kier molecular flexibility index (Phi) is 11.2. The molecule has 0 unspecified atom stereocenters. The van der Waals surface area contributed by atoms with Crippen LogP contribution in [-0.4, -0.2) is 50.5 Å². The summed E-state index contributed by atoms with van der Waals surface area (Å²) in [5, 5.41) is 0. The molecule has 4 aromatic carbocycles. The van der Waals surface area contributed by atoms with Gasteiger partial charge in [-0.05, 0) is 6.42 Å². The van der Waals surface area contributed by atoms with Gasteiger partial charge in [0.15, 0.2) is 69.8 Å². The third-order valence-electron chi connectivity index (χ3n) is 8.63. The molecule has 2 nitrogen and oxygen atoms in total. The Morgan fingerprint density at radius 3 is 0.979 bits per heavy atom. The van der Waals surface area contributed by atoms with E-state index in [0.717, 1.165) is 13.2 Å². The van der Waals surface area contributed by atoms with Crippen molar-refractivity contribution < 1.29 is 61.9 Å². The van der Waals surface area contributed by atoms with Gasteiger partial charge in [-0.1, -0.05) is 61.9 Å². The van der Waals surface area contributed by atoms with E-state index in [2.05, 4.69) is 14.0 Å². The fraction of sp³-hybridized carbons (Fsp3) is 0.273. The first-order valence-corrected chi connectivity index (χ1v) is 14.7. The molecule has 0 spiro atoms. The number of benzene rings is 4. The average molecular weight is 693 g/mol. The quantitative estimate of drug-likeness (QED) is 0.100. The van der Waals surface area contributed by atoms with Crippen LogP contribution in [0, 0.1) is 69.8 Å². The molecule has 1 heterocycles. The number of likely N-dealkylation sites (N-methyl/N-ethyl adjacent to an activating group) is 1. The van der Waals surface area contributed by atoms with E-state index >= 15 is 0 Å². The van der Waals surface area contributed by atoms with Crippen LogP contribution < -0.4 is 21.9 Å². The van der Waals surface area contributed by atoms with Crippen molar-refractivity contribution in [2.24, 2.45) is 0 Å². The van der Waals surface area contributed by atoms with E-state index in [0.29, 0.717) is 0 Å². The van der Waals surface area contributed by atoms with Gasteiger partial charge in [0.1, 0.15) is 19.2 Å². The second-order valence-corrected chi connectivity index (χ2v) is 11.8. The van der Waals surface area contributed by atoms with Crippen molar-refractivity contribution in [3.63, 3.8) is 0 Å². The number of quaternary nitrogens is 1. The number of ether oxygens (including phenoxy) is 1. The van der Waals surface area contributed by atoms with Gasteiger partial charge in [-0.15, -0.1) is 0 Å². The van der Waals surface area contributed by atoms with Gasteiger partial charge in [0, 0.05) is 0 Å². The highest BCUT2D eigenvalue weighted by atomic mass is 19.2. The molecule has 48 heavy (non-hydrogen) atoms. The zero-order valence-corrected chi connectivity index (χ0v) is 25.5. The Morgan fingerprint density at radius 2 is 0.750 bits per heavy atom. The van der Waals surface area contributed by atoms with Gasteiger partial charge in [0.25, 0.3) is 0 Å². The van der Waals surface area contributed by atoms with Crippen molar-refractivity contribution in [3.05, 3.63) is 118 Å². The molecular weight excluding hydrogens is 665 g/mol. The highest BCUT2D eigenvalue weighted by Gasteiger charge is 2.37. The molecule has 0 aromatic heterocycles. The summed E-state index contributed by atoms with van der Waals surface area (Å²) in [6.45, 7) is 7.92. The topological polar surface area (TPSA) is 9.23 Å². The number of hydrogen-bond acceptors (Lipinski definition) is 1. The Balaban J connectivity index is 0.000000401. The van der Waals surface area contributed by atoms with E-state index < -0.39 is 97.8 Å². The lowest BCUT2D eigenvalue weighted by Gasteiger charge is -2.44. The van der Waals surface area contributed by atoms with Crippen LogP contribution in [0.3, 0.4) is 0 Å². The smallest absolute Gasteiger partial charge is 0.194 e. The van der Waals surface area contributed by atoms with Crippen LogP contribution in [0.1, 0.15) is 19.8 Å². The van der Waals surface area contributed by atoms with E-state index in [1.165, 1.54) is 37.0 Å². The Labute approximate surface area is 268 Å². The van der Waals surface area contributed by atoms with Crippen molar-refractivity contribution >= 4 is 28.0 Å². The minimum absolute atomic E-state index is 0.177. The number of nitrogens with zero attached hydrogens (tertiary/aromatic N) is 1. The van der Waals surface area contributed by atoms with Crippen LogP contribution in [0.5, 0.6) is 0 Å². The maximum Gasteiger partial charge on any atom is 0.194 e. The lowest BCUT2D eigenvalue weighted by atomic mass is 9.13. The van der Waals surface area contributed by atoms with Crippen molar-refractivity contribution in [3.8, 4) is 0 Å². The zero-order valence-electron chi connectivity index (χ0n) is 25.5. The largest absolute Gasteiger partial charge is 0.370 e.